The predicted molar refractivity (Wildman–Crippen MR) is 119 cm³/mol. The number of piperidine rings is 1. The van der Waals surface area contributed by atoms with E-state index in [1.807, 2.05) is 35.4 Å². The number of aryl methyl sites for hydroxylation is 1. The van der Waals surface area contributed by atoms with Gasteiger partial charge in [0.15, 0.2) is 0 Å². The molecule has 2 aromatic heterocycles. The van der Waals surface area contributed by atoms with Gasteiger partial charge in [0.2, 0.25) is 5.91 Å². The van der Waals surface area contributed by atoms with Crippen molar-refractivity contribution < 1.29 is 9.53 Å². The molecule has 3 heterocycles. The van der Waals surface area contributed by atoms with E-state index < -0.39 is 0 Å². The van der Waals surface area contributed by atoms with Gasteiger partial charge in [-0.05, 0) is 84.2 Å². The van der Waals surface area contributed by atoms with E-state index in [0.29, 0.717) is 17.5 Å². The molecule has 8 nitrogen and oxygen atoms in total. The zero-order chi connectivity index (χ0) is 21.6. The number of nitrogens with zero attached hydrogens (tertiary/aromatic N) is 5. The lowest BCUT2D eigenvalue weighted by Gasteiger charge is -2.32. The molecule has 0 radical (unpaired) electrons. The van der Waals surface area contributed by atoms with Gasteiger partial charge in [0.05, 0.1) is 6.61 Å². The Labute approximate surface area is 185 Å². The van der Waals surface area contributed by atoms with Gasteiger partial charge >= 0.3 is 5.69 Å². The number of hydrogen-bond donors (Lipinski definition) is 0. The molecule has 1 aliphatic heterocycles. The maximum atomic E-state index is 12.7. The van der Waals surface area contributed by atoms with Gasteiger partial charge in [-0.3, -0.25) is 4.79 Å². The van der Waals surface area contributed by atoms with Crippen molar-refractivity contribution >= 4 is 17.2 Å². The molecular formula is C22H27N5O3S. The molecule has 0 N–H and O–H groups in total. The molecule has 0 atom stereocenters. The number of carbonyl (C=O) groups excluding carboxylic acids is 1. The molecule has 0 bridgehead atoms. The van der Waals surface area contributed by atoms with Gasteiger partial charge in [-0.1, -0.05) is 12.1 Å². The Morgan fingerprint density at radius 2 is 1.94 bits per heavy atom. The number of amides is 1. The van der Waals surface area contributed by atoms with Crippen LogP contribution in [0.3, 0.4) is 0 Å². The van der Waals surface area contributed by atoms with E-state index in [0.717, 1.165) is 49.2 Å². The average molecular weight is 442 g/mol. The Morgan fingerprint density at radius 3 is 2.61 bits per heavy atom. The molecule has 164 valence electrons. The highest BCUT2D eigenvalue weighted by Gasteiger charge is 2.24. The monoisotopic (exact) mass is 441 g/mol. The molecule has 1 amide bonds. The molecule has 4 rings (SSSR count). The lowest BCUT2D eigenvalue weighted by atomic mass is 9.90. The predicted octanol–water partition coefficient (Wildman–Crippen LogP) is 2.76. The number of benzene rings is 1. The molecule has 1 fully saturated rings. The maximum Gasteiger partial charge on any atom is 0.369 e. The van der Waals surface area contributed by atoms with Crippen LogP contribution in [0.4, 0.5) is 0 Å². The quantitative estimate of drug-likeness (QED) is 0.537. The summed E-state index contributed by atoms with van der Waals surface area (Å²) in [5.41, 5.74) is 0.927. The number of tetrazole rings is 1. The van der Waals surface area contributed by atoms with Crippen molar-refractivity contribution in [3.8, 4) is 10.8 Å². The Morgan fingerprint density at radius 1 is 1.16 bits per heavy atom. The van der Waals surface area contributed by atoms with Crippen LogP contribution in [-0.2, 0) is 17.8 Å². The molecule has 1 saturated heterocycles. The average Bonchev–Trinajstić information content (AvgIpc) is 3.44. The minimum Gasteiger partial charge on any atom is -0.494 e. The highest BCUT2D eigenvalue weighted by molar-refractivity contribution is 7.12. The summed E-state index contributed by atoms with van der Waals surface area (Å²) in [7, 11) is 0. The molecule has 0 spiro atoms. The molecule has 0 aliphatic carbocycles. The van der Waals surface area contributed by atoms with Gasteiger partial charge < -0.3 is 9.64 Å². The molecule has 0 saturated carbocycles. The van der Waals surface area contributed by atoms with Crippen LogP contribution in [0, 0.1) is 5.92 Å². The number of aromatic nitrogens is 4. The highest BCUT2D eigenvalue weighted by Crippen LogP contribution is 2.23. The third kappa shape index (κ3) is 5.22. The van der Waals surface area contributed by atoms with Crippen molar-refractivity contribution in [1.29, 1.82) is 0 Å². The molecule has 9 heteroatoms. The molecular weight excluding hydrogens is 414 g/mol. The Bertz CT molecular complexity index is 1030. The van der Waals surface area contributed by atoms with E-state index in [2.05, 4.69) is 22.6 Å². The summed E-state index contributed by atoms with van der Waals surface area (Å²) in [6, 6.07) is 11.9. The number of rotatable bonds is 8. The van der Waals surface area contributed by atoms with Crippen LogP contribution in [0.2, 0.25) is 0 Å². The van der Waals surface area contributed by atoms with E-state index >= 15 is 0 Å². The lowest BCUT2D eigenvalue weighted by Crippen LogP contribution is -2.42. The Balaban J connectivity index is 1.24. The van der Waals surface area contributed by atoms with Gasteiger partial charge in [0, 0.05) is 13.1 Å². The number of hydrogen-bond acceptors (Lipinski definition) is 6. The highest BCUT2D eigenvalue weighted by atomic mass is 32.1. The first-order chi connectivity index (χ1) is 15.1. The van der Waals surface area contributed by atoms with Gasteiger partial charge in [-0.2, -0.15) is 9.36 Å². The fourth-order valence-corrected chi connectivity index (χ4v) is 4.56. The van der Waals surface area contributed by atoms with Crippen LogP contribution >= 0.6 is 11.3 Å². The molecule has 3 aromatic rings. The van der Waals surface area contributed by atoms with Crippen molar-refractivity contribution in [2.24, 2.45) is 5.92 Å². The number of thiophene rings is 1. The van der Waals surface area contributed by atoms with Crippen LogP contribution in [0.15, 0.2) is 46.6 Å². The first kappa shape index (κ1) is 21.3. The second-order valence-electron chi connectivity index (χ2n) is 7.72. The largest absolute Gasteiger partial charge is 0.494 e. The summed E-state index contributed by atoms with van der Waals surface area (Å²) in [4.78, 5) is 26.9. The van der Waals surface area contributed by atoms with Crippen molar-refractivity contribution in [1.82, 2.24) is 24.7 Å². The second kappa shape index (κ2) is 9.91. The SMILES string of the molecule is CCOc1ccc(CCC2CCN(C(=O)Cn3nnn(-c4cccs4)c3=O)CC2)cc1. The third-order valence-corrected chi connectivity index (χ3v) is 6.53. The Hall–Kier alpha value is -2.94. The summed E-state index contributed by atoms with van der Waals surface area (Å²) >= 11 is 1.40. The van der Waals surface area contributed by atoms with Gasteiger partial charge in [0.25, 0.3) is 0 Å². The third-order valence-electron chi connectivity index (χ3n) is 5.68. The van der Waals surface area contributed by atoms with Crippen LogP contribution in [0.25, 0.3) is 5.00 Å². The van der Waals surface area contributed by atoms with Crippen molar-refractivity contribution in [2.75, 3.05) is 19.7 Å². The lowest BCUT2D eigenvalue weighted by molar-refractivity contribution is -0.133. The zero-order valence-electron chi connectivity index (χ0n) is 17.6. The summed E-state index contributed by atoms with van der Waals surface area (Å²) in [5.74, 6) is 1.44. The number of carbonyl (C=O) groups is 1. The smallest absolute Gasteiger partial charge is 0.369 e. The minimum absolute atomic E-state index is 0.0684. The molecule has 31 heavy (non-hydrogen) atoms. The zero-order valence-corrected chi connectivity index (χ0v) is 18.5. The first-order valence-electron chi connectivity index (χ1n) is 10.7. The van der Waals surface area contributed by atoms with Gasteiger partial charge in [0.1, 0.15) is 17.3 Å². The summed E-state index contributed by atoms with van der Waals surface area (Å²) in [6.07, 6.45) is 4.12. The van der Waals surface area contributed by atoms with Crippen molar-refractivity contribution in [2.45, 2.75) is 39.2 Å². The van der Waals surface area contributed by atoms with Crippen LogP contribution in [0.1, 0.15) is 31.7 Å². The number of likely N-dealkylation sites (tertiary alicyclic amines) is 1. The Kier molecular flexibility index (Phi) is 6.81. The number of ether oxygens (including phenoxy) is 1. The fraction of sp³-hybridized carbons (Fsp3) is 0.455. The van der Waals surface area contributed by atoms with E-state index in [-0.39, 0.29) is 18.1 Å². The maximum absolute atomic E-state index is 12.7. The van der Waals surface area contributed by atoms with E-state index in [1.54, 1.807) is 6.07 Å². The normalized spacial score (nSPS) is 14.7. The molecule has 1 aromatic carbocycles. The summed E-state index contributed by atoms with van der Waals surface area (Å²) < 4.78 is 7.86. The topological polar surface area (TPSA) is 82.2 Å². The van der Waals surface area contributed by atoms with E-state index in [4.69, 9.17) is 4.74 Å². The van der Waals surface area contributed by atoms with Crippen LogP contribution in [0.5, 0.6) is 5.75 Å². The minimum atomic E-state index is -0.388. The summed E-state index contributed by atoms with van der Waals surface area (Å²) in [5, 5.41) is 10.3. The molecule has 0 unspecified atom stereocenters. The van der Waals surface area contributed by atoms with E-state index in [1.165, 1.54) is 21.6 Å². The van der Waals surface area contributed by atoms with Gasteiger partial charge in [-0.25, -0.2) is 4.79 Å². The van der Waals surface area contributed by atoms with Crippen molar-refractivity contribution in [3.63, 3.8) is 0 Å². The van der Waals surface area contributed by atoms with E-state index in [9.17, 15) is 9.59 Å². The molecule has 1 aliphatic rings. The van der Waals surface area contributed by atoms with Crippen molar-refractivity contribution in [3.05, 3.63) is 57.8 Å². The fourth-order valence-electron chi connectivity index (χ4n) is 3.89. The summed E-state index contributed by atoms with van der Waals surface area (Å²) in [6.45, 7) is 4.04. The van der Waals surface area contributed by atoms with Crippen LogP contribution < -0.4 is 10.4 Å². The van der Waals surface area contributed by atoms with Crippen LogP contribution in [-0.4, -0.2) is 50.3 Å². The second-order valence-corrected chi connectivity index (χ2v) is 8.65. The van der Waals surface area contributed by atoms with Gasteiger partial charge in [-0.15, -0.1) is 11.3 Å². The standard InChI is InChI=1S/C22H27N5O3S/c1-2-30-19-9-7-17(8-10-19)5-6-18-11-13-25(14-12-18)20(28)16-26-22(29)27(24-23-26)21-4-3-15-31-21/h3-4,7-10,15,18H,2,5-6,11-14,16H2,1H3. The first-order valence-corrected chi connectivity index (χ1v) is 11.6.